The van der Waals surface area contributed by atoms with E-state index in [0.717, 1.165) is 44.5 Å². The van der Waals surface area contributed by atoms with Gasteiger partial charge in [-0.05, 0) is 59.9 Å². The van der Waals surface area contributed by atoms with Crippen molar-refractivity contribution in [2.45, 2.75) is 26.4 Å². The van der Waals surface area contributed by atoms with Gasteiger partial charge in [-0.25, -0.2) is 0 Å². The second-order valence-corrected chi connectivity index (χ2v) is 7.98. The number of nitrogens with zero attached hydrogens (tertiary/aromatic N) is 1. The lowest BCUT2D eigenvalue weighted by Gasteiger charge is -2.13. The summed E-state index contributed by atoms with van der Waals surface area (Å²) in [4.78, 5) is 15.6. The molecule has 5 heteroatoms. The highest BCUT2D eigenvalue weighted by atomic mass is 35.5. The van der Waals surface area contributed by atoms with Gasteiger partial charge in [0.15, 0.2) is 0 Å². The minimum atomic E-state index is -0.832. The zero-order valence-electron chi connectivity index (χ0n) is 17.3. The quantitative estimate of drug-likeness (QED) is 0.372. The van der Waals surface area contributed by atoms with Gasteiger partial charge >= 0.3 is 5.97 Å². The molecule has 0 bridgehead atoms. The summed E-state index contributed by atoms with van der Waals surface area (Å²) in [5, 5.41) is 10.8. The van der Waals surface area contributed by atoms with Crippen molar-refractivity contribution in [1.82, 2.24) is 4.98 Å². The summed E-state index contributed by atoms with van der Waals surface area (Å²) in [6, 6.07) is 21.3. The minimum absolute atomic E-state index is 0.396. The Labute approximate surface area is 186 Å². The summed E-state index contributed by atoms with van der Waals surface area (Å²) in [7, 11) is 0. The van der Waals surface area contributed by atoms with Crippen LogP contribution in [0.1, 0.15) is 29.5 Å². The van der Waals surface area contributed by atoms with Crippen molar-refractivity contribution >= 4 is 28.5 Å². The molecule has 0 fully saturated rings. The summed E-state index contributed by atoms with van der Waals surface area (Å²) in [5.41, 5.74) is 5.73. The summed E-state index contributed by atoms with van der Waals surface area (Å²) >= 11 is 6.35. The molecule has 1 unspecified atom stereocenters. The number of fused-ring (bicyclic) bond motifs is 1. The van der Waals surface area contributed by atoms with E-state index in [1.807, 2.05) is 73.8 Å². The fraction of sp³-hybridized carbons (Fsp3) is 0.154. The molecular weight excluding hydrogens is 410 g/mol. The maximum atomic E-state index is 11.1. The molecule has 3 aromatic carbocycles. The number of aliphatic carboxylic acids is 1. The van der Waals surface area contributed by atoms with Crippen LogP contribution in [-0.2, 0) is 11.4 Å². The molecule has 0 spiro atoms. The molecule has 4 rings (SSSR count). The zero-order chi connectivity index (χ0) is 22.0. The fourth-order valence-electron chi connectivity index (χ4n) is 3.62. The topological polar surface area (TPSA) is 59.4 Å². The van der Waals surface area contributed by atoms with E-state index in [4.69, 9.17) is 21.4 Å². The Hall–Kier alpha value is -3.37. The Morgan fingerprint density at radius 3 is 2.58 bits per heavy atom. The summed E-state index contributed by atoms with van der Waals surface area (Å²) in [5.74, 6) is -0.605. The highest BCUT2D eigenvalue weighted by Crippen LogP contribution is 2.35. The van der Waals surface area contributed by atoms with Crippen LogP contribution in [0.25, 0.3) is 22.0 Å². The number of rotatable bonds is 6. The van der Waals surface area contributed by atoms with E-state index in [1.165, 1.54) is 0 Å². The number of halogens is 1. The van der Waals surface area contributed by atoms with Crippen LogP contribution in [0.2, 0.25) is 5.02 Å². The summed E-state index contributed by atoms with van der Waals surface area (Å²) in [6.07, 6.45) is 1.84. The van der Waals surface area contributed by atoms with Crippen molar-refractivity contribution in [2.75, 3.05) is 0 Å². The molecule has 0 aliphatic heterocycles. The van der Waals surface area contributed by atoms with Crippen LogP contribution in [0.15, 0.2) is 72.9 Å². The van der Waals surface area contributed by atoms with Crippen LogP contribution in [0, 0.1) is 6.92 Å². The van der Waals surface area contributed by atoms with Crippen LogP contribution in [0.3, 0.4) is 0 Å². The standard InChI is InChI=1S/C26H22ClNO3/c1-16-14-28-25-22(7-4-8-23(25)27)24(16)20-5-3-6-21(13-20)31-15-18-9-11-19(12-10-18)17(2)26(29)30/h3-14,17H,15H2,1-2H3,(H,29,30). The van der Waals surface area contributed by atoms with E-state index in [2.05, 4.69) is 11.1 Å². The first-order valence-corrected chi connectivity index (χ1v) is 10.4. The average Bonchev–Trinajstić information content (AvgIpc) is 2.77. The molecule has 0 aliphatic carbocycles. The van der Waals surface area contributed by atoms with E-state index < -0.39 is 11.9 Å². The highest BCUT2D eigenvalue weighted by Gasteiger charge is 2.13. The van der Waals surface area contributed by atoms with Gasteiger partial charge in [-0.3, -0.25) is 9.78 Å². The molecule has 31 heavy (non-hydrogen) atoms. The van der Waals surface area contributed by atoms with Gasteiger partial charge in [-0.2, -0.15) is 0 Å². The Morgan fingerprint density at radius 2 is 1.84 bits per heavy atom. The molecule has 0 amide bonds. The smallest absolute Gasteiger partial charge is 0.310 e. The lowest BCUT2D eigenvalue weighted by atomic mass is 9.97. The van der Waals surface area contributed by atoms with Crippen LogP contribution >= 0.6 is 11.6 Å². The predicted octanol–water partition coefficient (Wildman–Crippen LogP) is 6.63. The monoisotopic (exact) mass is 431 g/mol. The molecule has 0 aliphatic rings. The molecule has 1 heterocycles. The van der Waals surface area contributed by atoms with Gasteiger partial charge in [-0.15, -0.1) is 0 Å². The number of ether oxygens (including phenoxy) is 1. The molecule has 1 N–H and O–H groups in total. The number of aryl methyl sites for hydroxylation is 1. The average molecular weight is 432 g/mol. The second kappa shape index (κ2) is 8.78. The Bertz CT molecular complexity index is 1250. The number of pyridine rings is 1. The summed E-state index contributed by atoms with van der Waals surface area (Å²) in [6.45, 7) is 4.11. The first-order chi connectivity index (χ1) is 14.9. The van der Waals surface area contributed by atoms with E-state index in [-0.39, 0.29) is 0 Å². The molecule has 4 aromatic rings. The highest BCUT2D eigenvalue weighted by molar-refractivity contribution is 6.35. The van der Waals surface area contributed by atoms with Gasteiger partial charge < -0.3 is 9.84 Å². The third kappa shape index (κ3) is 4.39. The number of benzene rings is 3. The first-order valence-electron chi connectivity index (χ1n) is 10.0. The molecule has 1 aromatic heterocycles. The summed E-state index contributed by atoms with van der Waals surface area (Å²) < 4.78 is 6.02. The van der Waals surface area contributed by atoms with Gasteiger partial charge in [0, 0.05) is 11.6 Å². The number of aromatic nitrogens is 1. The predicted molar refractivity (Wildman–Crippen MR) is 124 cm³/mol. The first kappa shape index (κ1) is 20.9. The van der Waals surface area contributed by atoms with E-state index in [9.17, 15) is 4.79 Å². The lowest BCUT2D eigenvalue weighted by Crippen LogP contribution is -2.07. The normalized spacial score (nSPS) is 12.0. The molecule has 1 atom stereocenters. The van der Waals surface area contributed by atoms with E-state index in [0.29, 0.717) is 11.6 Å². The van der Waals surface area contributed by atoms with Gasteiger partial charge in [-0.1, -0.05) is 60.1 Å². The van der Waals surface area contributed by atoms with Crippen LogP contribution in [0.5, 0.6) is 5.75 Å². The minimum Gasteiger partial charge on any atom is -0.489 e. The molecular formula is C26H22ClNO3. The molecule has 4 nitrogen and oxygen atoms in total. The molecule has 156 valence electrons. The number of carboxylic acid groups (broad SMARTS) is 1. The number of hydrogen-bond acceptors (Lipinski definition) is 3. The molecule has 0 saturated carbocycles. The number of hydrogen-bond donors (Lipinski definition) is 1. The van der Waals surface area contributed by atoms with Crippen molar-refractivity contribution in [3.05, 3.63) is 94.6 Å². The van der Waals surface area contributed by atoms with Crippen molar-refractivity contribution < 1.29 is 14.6 Å². The van der Waals surface area contributed by atoms with Gasteiger partial charge in [0.1, 0.15) is 12.4 Å². The number of carboxylic acids is 1. The third-order valence-corrected chi connectivity index (χ3v) is 5.72. The van der Waals surface area contributed by atoms with Gasteiger partial charge in [0.2, 0.25) is 0 Å². The molecule has 0 saturated heterocycles. The van der Waals surface area contributed by atoms with E-state index in [1.54, 1.807) is 6.92 Å². The Kier molecular flexibility index (Phi) is 5.92. The van der Waals surface area contributed by atoms with Crippen LogP contribution < -0.4 is 4.74 Å². The fourth-order valence-corrected chi connectivity index (χ4v) is 3.85. The Balaban J connectivity index is 1.58. The zero-order valence-corrected chi connectivity index (χ0v) is 18.1. The maximum absolute atomic E-state index is 11.1. The van der Waals surface area contributed by atoms with Crippen molar-refractivity contribution in [2.24, 2.45) is 0 Å². The number of para-hydroxylation sites is 1. The molecule has 0 radical (unpaired) electrons. The van der Waals surface area contributed by atoms with Crippen molar-refractivity contribution in [3.8, 4) is 16.9 Å². The lowest BCUT2D eigenvalue weighted by molar-refractivity contribution is -0.138. The second-order valence-electron chi connectivity index (χ2n) is 7.57. The van der Waals surface area contributed by atoms with E-state index >= 15 is 0 Å². The van der Waals surface area contributed by atoms with Crippen molar-refractivity contribution in [3.63, 3.8) is 0 Å². The SMILES string of the molecule is Cc1cnc2c(Cl)cccc2c1-c1cccc(OCc2ccc(C(C)C(=O)O)cc2)c1. The van der Waals surface area contributed by atoms with Crippen LogP contribution in [0.4, 0.5) is 0 Å². The largest absolute Gasteiger partial charge is 0.489 e. The van der Waals surface area contributed by atoms with Crippen molar-refractivity contribution in [1.29, 1.82) is 0 Å². The third-order valence-electron chi connectivity index (χ3n) is 5.42. The van der Waals surface area contributed by atoms with Gasteiger partial charge in [0.25, 0.3) is 0 Å². The number of carbonyl (C=O) groups is 1. The van der Waals surface area contributed by atoms with Gasteiger partial charge in [0.05, 0.1) is 16.5 Å². The Morgan fingerprint density at radius 1 is 1.10 bits per heavy atom. The van der Waals surface area contributed by atoms with Crippen LogP contribution in [-0.4, -0.2) is 16.1 Å². The maximum Gasteiger partial charge on any atom is 0.310 e.